The van der Waals surface area contributed by atoms with E-state index in [0.29, 0.717) is 13.0 Å². The average Bonchev–Trinajstić information content (AvgIpc) is 2.31. The van der Waals surface area contributed by atoms with Gasteiger partial charge >= 0.3 is 6.09 Å². The lowest BCUT2D eigenvalue weighted by Crippen LogP contribution is -2.47. The molecule has 0 aliphatic heterocycles. The third kappa shape index (κ3) is 8.27. The molecule has 2 atom stereocenters. The maximum Gasteiger partial charge on any atom is 0.407 e. The second-order valence-corrected chi connectivity index (χ2v) is 3.88. The Bertz CT molecular complexity index is 214. The fraction of sp³-hybridized carbons (Fsp3) is 0.917. The first-order valence-corrected chi connectivity index (χ1v) is 6.34. The van der Waals surface area contributed by atoms with E-state index < -0.39 is 18.0 Å². The monoisotopic (exact) mass is 264 g/mol. The molecule has 0 spiro atoms. The maximum atomic E-state index is 10.7. The van der Waals surface area contributed by atoms with Gasteiger partial charge in [-0.1, -0.05) is 26.2 Å². The molecule has 0 rings (SSSR count). The Kier molecular flexibility index (Phi) is 12.2. The van der Waals surface area contributed by atoms with Crippen molar-refractivity contribution in [2.45, 2.75) is 58.3 Å². The first-order valence-electron chi connectivity index (χ1n) is 6.34. The highest BCUT2D eigenvalue weighted by atomic mass is 16.7. The minimum Gasteiger partial charge on any atom is -0.414 e. The largest absolute Gasteiger partial charge is 0.414 e. The van der Waals surface area contributed by atoms with E-state index >= 15 is 0 Å². The summed E-state index contributed by atoms with van der Waals surface area (Å²) in [7, 11) is 1.50. The number of primary amides is 1. The molecule has 0 aromatic heterocycles. The number of nitrogens with two attached hydrogens (primary N) is 2. The number of aliphatic hydroxyl groups is 1. The van der Waals surface area contributed by atoms with Crippen molar-refractivity contribution < 1.29 is 19.4 Å². The van der Waals surface area contributed by atoms with E-state index in [4.69, 9.17) is 15.2 Å². The molecule has 0 aromatic carbocycles. The number of rotatable bonds is 8. The molecule has 0 fully saturated rings. The number of aliphatic hydroxyl groups excluding tert-OH is 1. The SMILES string of the molecule is CCCCCC(O)C(C)(OCC)OC(N)=O.CN. The van der Waals surface area contributed by atoms with E-state index in [1.807, 2.05) is 0 Å². The van der Waals surface area contributed by atoms with Crippen molar-refractivity contribution in [3.05, 3.63) is 0 Å². The summed E-state index contributed by atoms with van der Waals surface area (Å²) in [6.45, 7) is 5.71. The zero-order valence-corrected chi connectivity index (χ0v) is 11.9. The predicted octanol–water partition coefficient (Wildman–Crippen LogP) is 1.35. The summed E-state index contributed by atoms with van der Waals surface area (Å²) >= 11 is 0. The topological polar surface area (TPSA) is 108 Å². The fourth-order valence-electron chi connectivity index (χ4n) is 1.53. The zero-order chi connectivity index (χ0) is 14.6. The summed E-state index contributed by atoms with van der Waals surface area (Å²) in [5.74, 6) is -1.34. The quantitative estimate of drug-likeness (QED) is 0.453. The minimum absolute atomic E-state index is 0.342. The van der Waals surface area contributed by atoms with Gasteiger partial charge in [0.05, 0.1) is 0 Å². The Morgan fingerprint density at radius 2 is 1.89 bits per heavy atom. The van der Waals surface area contributed by atoms with E-state index in [1.165, 1.54) is 14.0 Å². The highest BCUT2D eigenvalue weighted by Gasteiger charge is 2.37. The van der Waals surface area contributed by atoms with Crippen LogP contribution in [-0.4, -0.2) is 36.7 Å². The van der Waals surface area contributed by atoms with E-state index in [9.17, 15) is 9.90 Å². The van der Waals surface area contributed by atoms with Crippen molar-refractivity contribution in [3.63, 3.8) is 0 Å². The van der Waals surface area contributed by atoms with Gasteiger partial charge in [0.15, 0.2) is 0 Å². The lowest BCUT2D eigenvalue weighted by atomic mass is 10.0. The molecular weight excluding hydrogens is 236 g/mol. The molecule has 2 unspecified atom stereocenters. The first kappa shape index (κ1) is 19.5. The van der Waals surface area contributed by atoms with Crippen LogP contribution in [0.4, 0.5) is 4.79 Å². The van der Waals surface area contributed by atoms with Gasteiger partial charge in [0, 0.05) is 13.5 Å². The van der Waals surface area contributed by atoms with Gasteiger partial charge in [-0.2, -0.15) is 0 Å². The van der Waals surface area contributed by atoms with Gasteiger partial charge < -0.3 is 26.0 Å². The normalized spacial score (nSPS) is 15.0. The van der Waals surface area contributed by atoms with Crippen molar-refractivity contribution >= 4 is 6.09 Å². The van der Waals surface area contributed by atoms with Crippen molar-refractivity contribution in [3.8, 4) is 0 Å². The standard InChI is InChI=1S/C11H23NO4.CH5N/c1-4-6-7-8-9(13)11(3,15-5-2)16-10(12)14;1-2/h9,13H,4-8H2,1-3H3,(H2,12,14);2H2,1H3. The Balaban J connectivity index is 0. The van der Waals surface area contributed by atoms with Gasteiger partial charge in [0.2, 0.25) is 5.79 Å². The third-order valence-corrected chi connectivity index (χ3v) is 2.42. The van der Waals surface area contributed by atoms with Crippen LogP contribution in [0, 0.1) is 0 Å². The van der Waals surface area contributed by atoms with Crippen LogP contribution in [0.2, 0.25) is 0 Å². The van der Waals surface area contributed by atoms with Gasteiger partial charge in [-0.3, -0.25) is 0 Å². The van der Waals surface area contributed by atoms with Gasteiger partial charge in [-0.15, -0.1) is 0 Å². The summed E-state index contributed by atoms with van der Waals surface area (Å²) in [4.78, 5) is 10.7. The Morgan fingerprint density at radius 1 is 1.33 bits per heavy atom. The lowest BCUT2D eigenvalue weighted by Gasteiger charge is -2.32. The molecule has 0 aliphatic carbocycles. The van der Waals surface area contributed by atoms with Crippen LogP contribution in [0.3, 0.4) is 0 Å². The number of hydrogen-bond acceptors (Lipinski definition) is 5. The molecule has 18 heavy (non-hydrogen) atoms. The molecule has 6 nitrogen and oxygen atoms in total. The average molecular weight is 264 g/mol. The Morgan fingerprint density at radius 3 is 2.28 bits per heavy atom. The Hall–Kier alpha value is -0.850. The molecule has 0 bridgehead atoms. The summed E-state index contributed by atoms with van der Waals surface area (Å²) in [6, 6.07) is 0. The van der Waals surface area contributed by atoms with Crippen LogP contribution in [-0.2, 0) is 9.47 Å². The molecule has 0 aliphatic rings. The van der Waals surface area contributed by atoms with Crippen LogP contribution in [0.15, 0.2) is 0 Å². The summed E-state index contributed by atoms with van der Waals surface area (Å²) in [5.41, 5.74) is 9.45. The van der Waals surface area contributed by atoms with Gasteiger partial charge in [-0.25, -0.2) is 4.79 Å². The fourth-order valence-corrected chi connectivity index (χ4v) is 1.53. The summed E-state index contributed by atoms with van der Waals surface area (Å²) in [6.07, 6.45) is 1.68. The molecule has 6 heteroatoms. The zero-order valence-electron chi connectivity index (χ0n) is 11.9. The van der Waals surface area contributed by atoms with Crippen LogP contribution in [0.1, 0.15) is 46.5 Å². The molecule has 0 heterocycles. The summed E-state index contributed by atoms with van der Waals surface area (Å²) in [5, 5.41) is 9.92. The van der Waals surface area contributed by atoms with Gasteiger partial charge in [0.1, 0.15) is 6.10 Å². The lowest BCUT2D eigenvalue weighted by molar-refractivity contribution is -0.240. The van der Waals surface area contributed by atoms with E-state index in [2.05, 4.69) is 12.7 Å². The maximum absolute atomic E-state index is 10.7. The predicted molar refractivity (Wildman–Crippen MR) is 71.0 cm³/mol. The van der Waals surface area contributed by atoms with Crippen molar-refractivity contribution in [2.75, 3.05) is 13.7 Å². The van der Waals surface area contributed by atoms with Crippen molar-refractivity contribution in [1.29, 1.82) is 0 Å². The number of carbonyl (C=O) groups excluding carboxylic acids is 1. The molecule has 110 valence electrons. The molecule has 0 aromatic rings. The number of ether oxygens (including phenoxy) is 2. The van der Waals surface area contributed by atoms with Crippen molar-refractivity contribution in [1.82, 2.24) is 0 Å². The smallest absolute Gasteiger partial charge is 0.407 e. The van der Waals surface area contributed by atoms with Crippen LogP contribution < -0.4 is 11.5 Å². The molecule has 1 amide bonds. The molecule has 0 saturated heterocycles. The van der Waals surface area contributed by atoms with Crippen LogP contribution in [0.25, 0.3) is 0 Å². The second-order valence-electron chi connectivity index (χ2n) is 3.88. The molecular formula is C12H28N2O4. The van der Waals surface area contributed by atoms with Crippen LogP contribution in [0.5, 0.6) is 0 Å². The van der Waals surface area contributed by atoms with Crippen LogP contribution >= 0.6 is 0 Å². The van der Waals surface area contributed by atoms with Gasteiger partial charge in [0.25, 0.3) is 0 Å². The van der Waals surface area contributed by atoms with E-state index in [1.54, 1.807) is 6.92 Å². The highest BCUT2D eigenvalue weighted by Crippen LogP contribution is 2.22. The first-order chi connectivity index (χ1) is 8.46. The third-order valence-electron chi connectivity index (χ3n) is 2.42. The number of unbranched alkanes of at least 4 members (excludes halogenated alkanes) is 2. The van der Waals surface area contributed by atoms with E-state index in [-0.39, 0.29) is 0 Å². The molecule has 0 saturated carbocycles. The van der Waals surface area contributed by atoms with Gasteiger partial charge in [-0.05, 0) is 20.4 Å². The van der Waals surface area contributed by atoms with E-state index in [0.717, 1.165) is 19.3 Å². The second kappa shape index (κ2) is 11.3. The number of hydrogen-bond donors (Lipinski definition) is 3. The van der Waals surface area contributed by atoms with Crippen molar-refractivity contribution in [2.24, 2.45) is 11.5 Å². The minimum atomic E-state index is -1.34. The highest BCUT2D eigenvalue weighted by molar-refractivity contribution is 5.65. The number of amides is 1. The molecule has 0 radical (unpaired) electrons. The Labute approximate surface area is 110 Å². The summed E-state index contributed by atoms with van der Waals surface area (Å²) < 4.78 is 10.1. The molecule has 5 N–H and O–H groups in total. The number of carbonyl (C=O) groups is 1.